The number of phosphoric ester groups is 2. The number of unbranched alkanes of at least 4 members (excludes halogenated alkanes) is 36. The molecule has 0 saturated carbocycles. The molecule has 0 aliphatic heterocycles. The maximum absolute atomic E-state index is 13.0. The van der Waals surface area contributed by atoms with Gasteiger partial charge in [-0.2, -0.15) is 0 Å². The van der Waals surface area contributed by atoms with Crippen LogP contribution >= 0.6 is 15.6 Å². The smallest absolute Gasteiger partial charge is 0.462 e. The zero-order chi connectivity index (χ0) is 63.6. The lowest BCUT2D eigenvalue weighted by Crippen LogP contribution is -2.30. The molecule has 19 heteroatoms. The van der Waals surface area contributed by atoms with Gasteiger partial charge in [0.2, 0.25) is 0 Å². The van der Waals surface area contributed by atoms with Crippen molar-refractivity contribution in [3.63, 3.8) is 0 Å². The van der Waals surface area contributed by atoms with E-state index in [2.05, 4.69) is 41.5 Å². The molecule has 0 radical (unpaired) electrons. The third-order valence-corrected chi connectivity index (χ3v) is 17.4. The van der Waals surface area contributed by atoms with Gasteiger partial charge in [0, 0.05) is 25.7 Å². The molecule has 0 rings (SSSR count). The Labute approximate surface area is 524 Å². The standard InChI is InChI=1S/C67H130O17P2/c1-7-9-11-13-15-32-39-45-51-66(71)83-62(55-77-64(69)49-43-37-29-14-12-10-8-2)57-81-85(73,74)79-53-61(68)54-80-86(75,76)82-58-63(56-78-65(70)50-44-38-34-28-31-36-42-48-60(5)6)84-67(72)52-46-40-33-27-25-23-21-19-17-16-18-20-22-24-26-30-35-41-47-59(3)4/h59-63,68H,7-58H2,1-6H3,(H,73,74)(H,75,76)/t61-,62+,63+/m0/s1. The molecule has 17 nitrogen and oxygen atoms in total. The number of rotatable bonds is 66. The van der Waals surface area contributed by atoms with E-state index in [9.17, 15) is 43.2 Å². The van der Waals surface area contributed by atoms with E-state index in [1.165, 1.54) is 128 Å². The average Bonchev–Trinajstić information content (AvgIpc) is 3.67. The number of carbonyl (C=O) groups excluding carboxylic acids is 4. The molecule has 0 aromatic heterocycles. The van der Waals surface area contributed by atoms with Gasteiger partial charge in [0.05, 0.1) is 26.4 Å². The topological polar surface area (TPSA) is 237 Å². The Bertz CT molecular complexity index is 1680. The Morgan fingerprint density at radius 3 is 0.791 bits per heavy atom. The van der Waals surface area contributed by atoms with Crippen LogP contribution in [0.5, 0.6) is 0 Å². The van der Waals surface area contributed by atoms with Crippen LogP contribution in [0.3, 0.4) is 0 Å². The van der Waals surface area contributed by atoms with Crippen molar-refractivity contribution in [3.05, 3.63) is 0 Å². The van der Waals surface area contributed by atoms with Crippen LogP contribution in [0.2, 0.25) is 0 Å². The Hall–Kier alpha value is -1.94. The number of phosphoric acid groups is 2. The number of hydrogen-bond donors (Lipinski definition) is 3. The van der Waals surface area contributed by atoms with E-state index in [1.54, 1.807) is 0 Å². The van der Waals surface area contributed by atoms with Crippen molar-refractivity contribution in [2.24, 2.45) is 11.8 Å². The normalized spacial score (nSPS) is 14.2. The fraction of sp³-hybridized carbons (Fsp3) is 0.940. The van der Waals surface area contributed by atoms with Crippen molar-refractivity contribution in [1.82, 2.24) is 0 Å². The molecule has 0 spiro atoms. The number of carbonyl (C=O) groups is 4. The fourth-order valence-electron chi connectivity index (χ4n) is 10.1. The molecule has 2 unspecified atom stereocenters. The van der Waals surface area contributed by atoms with Gasteiger partial charge in [-0.3, -0.25) is 37.3 Å². The lowest BCUT2D eigenvalue weighted by atomic mass is 10.0. The van der Waals surface area contributed by atoms with E-state index in [0.717, 1.165) is 121 Å². The number of ether oxygens (including phenoxy) is 4. The van der Waals surface area contributed by atoms with Crippen molar-refractivity contribution in [1.29, 1.82) is 0 Å². The molecule has 0 aliphatic carbocycles. The number of hydrogen-bond acceptors (Lipinski definition) is 15. The highest BCUT2D eigenvalue weighted by molar-refractivity contribution is 7.47. The molecular formula is C67H130O17P2. The monoisotopic (exact) mass is 1270 g/mol. The summed E-state index contributed by atoms with van der Waals surface area (Å²) in [6.45, 7) is 9.43. The van der Waals surface area contributed by atoms with Crippen LogP contribution in [0.25, 0.3) is 0 Å². The quantitative estimate of drug-likeness (QED) is 0.0222. The lowest BCUT2D eigenvalue weighted by molar-refractivity contribution is -0.161. The van der Waals surface area contributed by atoms with Crippen molar-refractivity contribution in [3.8, 4) is 0 Å². The van der Waals surface area contributed by atoms with Crippen molar-refractivity contribution in [2.75, 3.05) is 39.6 Å². The summed E-state index contributed by atoms with van der Waals surface area (Å²) in [6.07, 6.45) is 43.5. The van der Waals surface area contributed by atoms with Crippen LogP contribution < -0.4 is 0 Å². The third kappa shape index (κ3) is 60.9. The van der Waals surface area contributed by atoms with Gasteiger partial charge in [0.15, 0.2) is 12.2 Å². The summed E-state index contributed by atoms with van der Waals surface area (Å²) in [5, 5.41) is 10.5. The molecule has 510 valence electrons. The molecule has 0 aliphatic rings. The van der Waals surface area contributed by atoms with Gasteiger partial charge in [0.25, 0.3) is 0 Å². The van der Waals surface area contributed by atoms with Crippen LogP contribution in [-0.4, -0.2) is 96.7 Å². The van der Waals surface area contributed by atoms with E-state index >= 15 is 0 Å². The average molecular weight is 1270 g/mol. The molecule has 0 amide bonds. The van der Waals surface area contributed by atoms with Crippen molar-refractivity contribution < 1.29 is 80.2 Å². The Morgan fingerprint density at radius 2 is 0.535 bits per heavy atom. The summed E-state index contributed by atoms with van der Waals surface area (Å²) < 4.78 is 67.9. The van der Waals surface area contributed by atoms with Crippen molar-refractivity contribution >= 4 is 39.5 Å². The minimum Gasteiger partial charge on any atom is -0.462 e. The van der Waals surface area contributed by atoms with Crippen LogP contribution in [-0.2, 0) is 65.4 Å². The molecule has 0 bridgehead atoms. The third-order valence-electron chi connectivity index (χ3n) is 15.5. The maximum atomic E-state index is 13.0. The fourth-order valence-corrected chi connectivity index (χ4v) is 11.6. The van der Waals surface area contributed by atoms with Crippen LogP contribution in [0.15, 0.2) is 0 Å². The molecule has 0 heterocycles. The van der Waals surface area contributed by atoms with E-state index in [0.29, 0.717) is 31.6 Å². The molecule has 0 aromatic carbocycles. The van der Waals surface area contributed by atoms with Gasteiger partial charge >= 0.3 is 39.5 Å². The summed E-state index contributed by atoms with van der Waals surface area (Å²) in [5.74, 6) is -0.613. The molecule has 0 fully saturated rings. The molecule has 5 atom stereocenters. The van der Waals surface area contributed by atoms with E-state index < -0.39 is 97.5 Å². The maximum Gasteiger partial charge on any atom is 0.472 e. The summed E-state index contributed by atoms with van der Waals surface area (Å²) >= 11 is 0. The second-order valence-corrected chi connectivity index (χ2v) is 28.1. The number of esters is 4. The van der Waals surface area contributed by atoms with Gasteiger partial charge in [-0.25, -0.2) is 9.13 Å². The first-order valence-corrected chi connectivity index (χ1v) is 38.0. The van der Waals surface area contributed by atoms with Crippen LogP contribution in [0, 0.1) is 11.8 Å². The summed E-state index contributed by atoms with van der Waals surface area (Å²) in [7, 11) is -9.88. The first-order valence-electron chi connectivity index (χ1n) is 35.0. The lowest BCUT2D eigenvalue weighted by Gasteiger charge is -2.21. The SMILES string of the molecule is CCCCCCCCCCC(=O)O[C@H](COC(=O)CCCCCCCCC)COP(=O)(O)OC[C@H](O)COP(=O)(O)OC[C@@H](COC(=O)CCCCCCCCCC(C)C)OC(=O)CCCCCCCCCCCCCCCCCCCCC(C)C. The molecule has 86 heavy (non-hydrogen) atoms. The molecule has 0 aromatic rings. The molecular weight excluding hydrogens is 1140 g/mol. The van der Waals surface area contributed by atoms with Gasteiger partial charge in [-0.05, 0) is 37.5 Å². The van der Waals surface area contributed by atoms with E-state index in [-0.39, 0.29) is 25.7 Å². The highest BCUT2D eigenvalue weighted by Crippen LogP contribution is 2.45. The molecule has 0 saturated heterocycles. The minimum absolute atomic E-state index is 0.104. The van der Waals surface area contributed by atoms with Gasteiger partial charge in [-0.15, -0.1) is 0 Å². The number of aliphatic hydroxyl groups is 1. The van der Waals surface area contributed by atoms with Gasteiger partial charge in [0.1, 0.15) is 19.3 Å². The molecule has 3 N–H and O–H groups in total. The van der Waals surface area contributed by atoms with E-state index in [4.69, 9.17) is 37.0 Å². The van der Waals surface area contributed by atoms with E-state index in [1.807, 2.05) is 0 Å². The van der Waals surface area contributed by atoms with Crippen LogP contribution in [0.1, 0.15) is 337 Å². The summed E-state index contributed by atoms with van der Waals surface area (Å²) in [5.41, 5.74) is 0. The highest BCUT2D eigenvalue weighted by atomic mass is 31.2. The second-order valence-electron chi connectivity index (χ2n) is 25.2. The first-order chi connectivity index (χ1) is 41.4. The van der Waals surface area contributed by atoms with Gasteiger partial charge in [-0.1, -0.05) is 286 Å². The zero-order valence-corrected chi connectivity index (χ0v) is 57.4. The Balaban J connectivity index is 5.09. The zero-order valence-electron chi connectivity index (χ0n) is 55.6. The Morgan fingerprint density at radius 1 is 0.314 bits per heavy atom. The first kappa shape index (κ1) is 84.1. The summed E-state index contributed by atoms with van der Waals surface area (Å²) in [4.78, 5) is 72.1. The predicted octanol–water partition coefficient (Wildman–Crippen LogP) is 18.8. The highest BCUT2D eigenvalue weighted by Gasteiger charge is 2.30. The van der Waals surface area contributed by atoms with Crippen molar-refractivity contribution in [2.45, 2.75) is 355 Å². The second kappa shape index (κ2) is 59.4. The predicted molar refractivity (Wildman–Crippen MR) is 345 cm³/mol. The Kier molecular flexibility index (Phi) is 58.0. The minimum atomic E-state index is -4.95. The number of aliphatic hydroxyl groups excluding tert-OH is 1. The largest absolute Gasteiger partial charge is 0.472 e. The summed E-state index contributed by atoms with van der Waals surface area (Å²) in [6, 6.07) is 0. The van der Waals surface area contributed by atoms with Gasteiger partial charge < -0.3 is 33.8 Å². The van der Waals surface area contributed by atoms with Crippen LogP contribution in [0.4, 0.5) is 0 Å².